The molecule has 0 spiro atoms. The largest absolute Gasteiger partial charge is 0.302 e. The Morgan fingerprint density at radius 1 is 1.32 bits per heavy atom. The first kappa shape index (κ1) is 15.2. The van der Waals surface area contributed by atoms with E-state index in [-0.39, 0.29) is 29.8 Å². The molecular formula is C15H16N2O3S2. The van der Waals surface area contributed by atoms with Crippen molar-refractivity contribution in [2.75, 3.05) is 16.8 Å². The standard InChI is InChI=1S/C15H16N2O3S2/c18-14(8-11-6-7-22(19,20)10-11)17-15-16-13(9-21-15)12-4-2-1-3-5-12/h1-5,9,11H,6-8,10H2,(H,16,17,18)/t11-/m0/s1. The summed E-state index contributed by atoms with van der Waals surface area (Å²) in [6.07, 6.45) is 0.808. The van der Waals surface area contributed by atoms with Crippen LogP contribution in [0.2, 0.25) is 0 Å². The first-order valence-electron chi connectivity index (χ1n) is 7.03. The SMILES string of the molecule is O=C(C[C@@H]1CCS(=O)(=O)C1)Nc1nc(-c2ccccc2)cs1. The zero-order valence-corrected chi connectivity index (χ0v) is 13.5. The van der Waals surface area contributed by atoms with Gasteiger partial charge in [-0.3, -0.25) is 4.79 Å². The van der Waals surface area contributed by atoms with Gasteiger partial charge in [-0.1, -0.05) is 30.3 Å². The minimum Gasteiger partial charge on any atom is -0.302 e. The summed E-state index contributed by atoms with van der Waals surface area (Å²) >= 11 is 1.37. The van der Waals surface area contributed by atoms with E-state index in [0.29, 0.717) is 11.6 Å². The van der Waals surface area contributed by atoms with Crippen LogP contribution >= 0.6 is 11.3 Å². The fraction of sp³-hybridized carbons (Fsp3) is 0.333. The van der Waals surface area contributed by atoms with Gasteiger partial charge < -0.3 is 5.32 Å². The summed E-state index contributed by atoms with van der Waals surface area (Å²) in [5.74, 6) is 0.0723. The highest BCUT2D eigenvalue weighted by Crippen LogP contribution is 2.26. The third kappa shape index (κ3) is 3.72. The van der Waals surface area contributed by atoms with E-state index in [1.165, 1.54) is 11.3 Å². The number of carbonyl (C=O) groups excluding carboxylic acids is 1. The Morgan fingerprint density at radius 3 is 2.77 bits per heavy atom. The van der Waals surface area contributed by atoms with Crippen molar-refractivity contribution in [3.05, 3.63) is 35.7 Å². The average Bonchev–Trinajstić information content (AvgIpc) is 3.06. The van der Waals surface area contributed by atoms with Gasteiger partial charge >= 0.3 is 0 Å². The van der Waals surface area contributed by atoms with Crippen LogP contribution in [0, 0.1) is 5.92 Å². The van der Waals surface area contributed by atoms with Gasteiger partial charge in [0.25, 0.3) is 0 Å². The van der Waals surface area contributed by atoms with Crippen molar-refractivity contribution in [1.82, 2.24) is 4.98 Å². The number of anilines is 1. The Labute approximate surface area is 133 Å². The van der Waals surface area contributed by atoms with E-state index in [4.69, 9.17) is 0 Å². The number of hydrogen-bond acceptors (Lipinski definition) is 5. The lowest BCUT2D eigenvalue weighted by molar-refractivity contribution is -0.116. The maximum absolute atomic E-state index is 12.0. The van der Waals surface area contributed by atoms with Crippen molar-refractivity contribution < 1.29 is 13.2 Å². The van der Waals surface area contributed by atoms with Crippen LogP contribution in [0.1, 0.15) is 12.8 Å². The topological polar surface area (TPSA) is 76.1 Å². The van der Waals surface area contributed by atoms with Crippen LogP contribution in [0.25, 0.3) is 11.3 Å². The highest BCUT2D eigenvalue weighted by molar-refractivity contribution is 7.91. The molecule has 0 unspecified atom stereocenters. The predicted molar refractivity (Wildman–Crippen MR) is 87.6 cm³/mol. The number of hydrogen-bond donors (Lipinski definition) is 1. The Morgan fingerprint density at radius 2 is 2.09 bits per heavy atom. The molecule has 0 radical (unpaired) electrons. The molecule has 22 heavy (non-hydrogen) atoms. The van der Waals surface area contributed by atoms with Gasteiger partial charge in [0, 0.05) is 17.4 Å². The number of nitrogens with zero attached hydrogens (tertiary/aromatic N) is 1. The lowest BCUT2D eigenvalue weighted by atomic mass is 10.1. The van der Waals surface area contributed by atoms with Crippen molar-refractivity contribution in [2.45, 2.75) is 12.8 Å². The quantitative estimate of drug-likeness (QED) is 0.931. The van der Waals surface area contributed by atoms with Gasteiger partial charge in [0.15, 0.2) is 15.0 Å². The third-order valence-corrected chi connectivity index (χ3v) is 6.22. The van der Waals surface area contributed by atoms with Crippen LogP contribution in [0.5, 0.6) is 0 Å². The van der Waals surface area contributed by atoms with Crippen LogP contribution < -0.4 is 5.32 Å². The molecule has 1 N–H and O–H groups in total. The van der Waals surface area contributed by atoms with Gasteiger partial charge in [-0.2, -0.15) is 0 Å². The Bertz CT molecular complexity index is 769. The fourth-order valence-electron chi connectivity index (χ4n) is 2.54. The molecule has 1 fully saturated rings. The maximum Gasteiger partial charge on any atom is 0.226 e. The van der Waals surface area contributed by atoms with Gasteiger partial charge in [0.2, 0.25) is 5.91 Å². The van der Waals surface area contributed by atoms with Crippen molar-refractivity contribution in [3.8, 4) is 11.3 Å². The summed E-state index contributed by atoms with van der Waals surface area (Å²) < 4.78 is 22.8. The van der Waals surface area contributed by atoms with E-state index in [9.17, 15) is 13.2 Å². The average molecular weight is 336 g/mol. The van der Waals surface area contributed by atoms with Crippen LogP contribution in [-0.2, 0) is 14.6 Å². The summed E-state index contributed by atoms with van der Waals surface area (Å²) in [5.41, 5.74) is 1.82. The first-order chi connectivity index (χ1) is 10.5. The smallest absolute Gasteiger partial charge is 0.226 e. The second-order valence-electron chi connectivity index (χ2n) is 5.43. The van der Waals surface area contributed by atoms with Gasteiger partial charge in [0.1, 0.15) is 0 Å². The highest BCUT2D eigenvalue weighted by Gasteiger charge is 2.29. The molecule has 2 aromatic rings. The molecule has 1 aromatic heterocycles. The summed E-state index contributed by atoms with van der Waals surface area (Å²) in [4.78, 5) is 16.4. The molecule has 1 aromatic carbocycles. The first-order valence-corrected chi connectivity index (χ1v) is 9.73. The van der Waals surface area contributed by atoms with Gasteiger partial charge in [0.05, 0.1) is 17.2 Å². The Kier molecular flexibility index (Phi) is 4.26. The minimum absolute atomic E-state index is 0.0708. The monoisotopic (exact) mass is 336 g/mol. The molecule has 2 heterocycles. The van der Waals surface area contributed by atoms with E-state index >= 15 is 0 Å². The number of thiazole rings is 1. The van der Waals surface area contributed by atoms with Crippen molar-refractivity contribution in [3.63, 3.8) is 0 Å². The van der Waals surface area contributed by atoms with Crippen molar-refractivity contribution in [1.29, 1.82) is 0 Å². The van der Waals surface area contributed by atoms with Crippen LogP contribution in [0.4, 0.5) is 5.13 Å². The molecule has 5 nitrogen and oxygen atoms in total. The number of amides is 1. The van der Waals surface area contributed by atoms with Crippen LogP contribution in [0.3, 0.4) is 0 Å². The molecule has 1 saturated heterocycles. The lowest BCUT2D eigenvalue weighted by Gasteiger charge is -2.06. The molecule has 7 heteroatoms. The fourth-order valence-corrected chi connectivity index (χ4v) is 5.14. The zero-order valence-electron chi connectivity index (χ0n) is 11.9. The zero-order chi connectivity index (χ0) is 15.6. The highest BCUT2D eigenvalue weighted by atomic mass is 32.2. The second kappa shape index (κ2) is 6.18. The lowest BCUT2D eigenvalue weighted by Crippen LogP contribution is -2.17. The van der Waals surface area contributed by atoms with E-state index < -0.39 is 9.84 Å². The molecule has 1 amide bonds. The predicted octanol–water partition coefficient (Wildman–Crippen LogP) is 2.57. The van der Waals surface area contributed by atoms with Gasteiger partial charge in [-0.15, -0.1) is 11.3 Å². The van der Waals surface area contributed by atoms with E-state index in [1.54, 1.807) is 0 Å². The molecule has 1 atom stereocenters. The number of aromatic nitrogens is 1. The van der Waals surface area contributed by atoms with Gasteiger partial charge in [-0.05, 0) is 12.3 Å². The summed E-state index contributed by atoms with van der Waals surface area (Å²) in [5, 5.41) is 5.20. The normalized spacial score (nSPS) is 19.9. The number of rotatable bonds is 4. The summed E-state index contributed by atoms with van der Waals surface area (Å²) in [6.45, 7) is 0. The summed E-state index contributed by atoms with van der Waals surface area (Å²) in [7, 11) is -2.94. The molecule has 3 rings (SSSR count). The molecule has 0 bridgehead atoms. The van der Waals surface area contributed by atoms with E-state index in [2.05, 4.69) is 10.3 Å². The summed E-state index contributed by atoms with van der Waals surface area (Å²) in [6, 6.07) is 9.74. The Balaban J connectivity index is 1.60. The number of carbonyl (C=O) groups is 1. The van der Waals surface area contributed by atoms with Gasteiger partial charge in [-0.25, -0.2) is 13.4 Å². The maximum atomic E-state index is 12.0. The molecular weight excluding hydrogens is 320 g/mol. The third-order valence-electron chi connectivity index (χ3n) is 3.62. The molecule has 1 aliphatic rings. The molecule has 1 aliphatic heterocycles. The molecule has 0 saturated carbocycles. The number of sulfone groups is 1. The molecule has 0 aliphatic carbocycles. The van der Waals surface area contributed by atoms with Crippen molar-refractivity contribution >= 4 is 32.2 Å². The van der Waals surface area contributed by atoms with Crippen LogP contribution in [0.15, 0.2) is 35.7 Å². The van der Waals surface area contributed by atoms with E-state index in [1.807, 2.05) is 35.7 Å². The molecule has 116 valence electrons. The van der Waals surface area contributed by atoms with E-state index in [0.717, 1.165) is 11.3 Å². The minimum atomic E-state index is -2.94. The number of benzene rings is 1. The second-order valence-corrected chi connectivity index (χ2v) is 8.51. The Hall–Kier alpha value is -1.73. The van der Waals surface area contributed by atoms with Crippen LogP contribution in [-0.4, -0.2) is 30.8 Å². The van der Waals surface area contributed by atoms with Crippen molar-refractivity contribution in [2.24, 2.45) is 5.92 Å². The number of nitrogens with one attached hydrogen (secondary N) is 1.